The highest BCUT2D eigenvalue weighted by molar-refractivity contribution is 5.99. The van der Waals surface area contributed by atoms with Crippen molar-refractivity contribution in [3.63, 3.8) is 0 Å². The van der Waals surface area contributed by atoms with Gasteiger partial charge in [-0.3, -0.25) is 15.1 Å². The number of hydrogen-bond donors (Lipinski definition) is 3. The fourth-order valence-electron chi connectivity index (χ4n) is 3.86. The smallest absolute Gasteiger partial charge is 0.135 e. The molecule has 0 bridgehead atoms. The number of benzene rings is 1. The van der Waals surface area contributed by atoms with Crippen LogP contribution in [-0.2, 0) is 0 Å². The first kappa shape index (κ1) is 18.2. The Morgan fingerprint density at radius 2 is 1.81 bits per heavy atom. The number of nitrogens with zero attached hydrogens (tertiary/aromatic N) is 4. The first-order valence-corrected chi connectivity index (χ1v) is 9.90. The summed E-state index contributed by atoms with van der Waals surface area (Å²) < 4.78 is 14.4. The van der Waals surface area contributed by atoms with Crippen molar-refractivity contribution in [1.29, 1.82) is 0 Å². The van der Waals surface area contributed by atoms with Gasteiger partial charge in [0, 0.05) is 34.4 Å². The number of fused-ring (bicyclic) bond motifs is 2. The van der Waals surface area contributed by atoms with E-state index < -0.39 is 0 Å². The predicted molar refractivity (Wildman–Crippen MR) is 119 cm³/mol. The second kappa shape index (κ2) is 6.98. The average molecular weight is 422 g/mol. The Bertz CT molecular complexity index is 1620. The molecule has 0 aliphatic carbocycles. The molecule has 0 amide bonds. The first-order valence-electron chi connectivity index (χ1n) is 9.90. The molecule has 0 unspecified atom stereocenters. The molecule has 0 saturated heterocycles. The van der Waals surface area contributed by atoms with Crippen LogP contribution in [0.4, 0.5) is 4.39 Å². The molecule has 0 spiro atoms. The molecule has 8 heteroatoms. The molecule has 0 fully saturated rings. The van der Waals surface area contributed by atoms with E-state index in [1.165, 1.54) is 12.3 Å². The lowest BCUT2D eigenvalue weighted by molar-refractivity contribution is 0.473. The summed E-state index contributed by atoms with van der Waals surface area (Å²) in [6, 6.07) is 15.7. The molecule has 0 atom stereocenters. The maximum atomic E-state index is 14.4. The molecule has 154 valence electrons. The molecule has 0 aliphatic heterocycles. The van der Waals surface area contributed by atoms with Crippen LogP contribution in [0, 0.1) is 5.82 Å². The molecule has 3 N–H and O–H groups in total. The van der Waals surface area contributed by atoms with Gasteiger partial charge < -0.3 is 10.1 Å². The molecule has 5 heterocycles. The van der Waals surface area contributed by atoms with Crippen molar-refractivity contribution in [2.24, 2.45) is 0 Å². The molecule has 0 aliphatic rings. The van der Waals surface area contributed by atoms with Crippen molar-refractivity contribution < 1.29 is 9.50 Å². The minimum absolute atomic E-state index is 0.0700. The van der Waals surface area contributed by atoms with Crippen LogP contribution >= 0.6 is 0 Å². The van der Waals surface area contributed by atoms with E-state index in [9.17, 15) is 9.50 Å². The standard InChI is InChI=1S/C24H15FN6O/c25-17-4-2-1-3-15(17)22-16-10-21(28-19(16)7-8-27-22)24-23-20(30-31-24)6-5-18(29-23)13-9-14(32)12-26-11-13/h1-12,28,32H,(H,30,31). The van der Waals surface area contributed by atoms with Crippen molar-refractivity contribution >= 4 is 21.9 Å². The first-order chi connectivity index (χ1) is 15.7. The maximum Gasteiger partial charge on any atom is 0.135 e. The number of rotatable bonds is 3. The zero-order valence-corrected chi connectivity index (χ0v) is 16.5. The monoisotopic (exact) mass is 422 g/mol. The van der Waals surface area contributed by atoms with E-state index in [0.29, 0.717) is 33.7 Å². The van der Waals surface area contributed by atoms with E-state index in [-0.39, 0.29) is 11.6 Å². The van der Waals surface area contributed by atoms with Crippen LogP contribution < -0.4 is 0 Å². The summed E-state index contributed by atoms with van der Waals surface area (Å²) >= 11 is 0. The van der Waals surface area contributed by atoms with Gasteiger partial charge in [-0.2, -0.15) is 5.10 Å². The fraction of sp³-hybridized carbons (Fsp3) is 0. The zero-order valence-electron chi connectivity index (χ0n) is 16.5. The topological polar surface area (TPSA) is 103 Å². The van der Waals surface area contributed by atoms with Crippen LogP contribution in [-0.4, -0.2) is 35.2 Å². The van der Waals surface area contributed by atoms with Gasteiger partial charge in [-0.25, -0.2) is 9.37 Å². The third kappa shape index (κ3) is 2.89. The zero-order chi connectivity index (χ0) is 21.7. The van der Waals surface area contributed by atoms with Crippen molar-refractivity contribution in [2.75, 3.05) is 0 Å². The van der Waals surface area contributed by atoms with Gasteiger partial charge in [0.2, 0.25) is 0 Å². The minimum Gasteiger partial charge on any atom is -0.506 e. The van der Waals surface area contributed by atoms with Gasteiger partial charge in [-0.15, -0.1) is 0 Å². The van der Waals surface area contributed by atoms with E-state index in [1.54, 1.807) is 36.7 Å². The SMILES string of the molecule is Oc1cncc(-c2ccc3[nH]nc(-c4cc5c(-c6ccccc6F)nccc5[nH]4)c3n2)c1. The Kier molecular flexibility index (Phi) is 3.97. The Balaban J connectivity index is 1.52. The van der Waals surface area contributed by atoms with E-state index in [2.05, 4.69) is 25.1 Å². The number of aromatic amines is 2. The van der Waals surface area contributed by atoms with Gasteiger partial charge >= 0.3 is 0 Å². The molecule has 32 heavy (non-hydrogen) atoms. The molecular formula is C24H15FN6O. The predicted octanol–water partition coefficient (Wildman–Crippen LogP) is 5.07. The third-order valence-electron chi connectivity index (χ3n) is 5.36. The summed E-state index contributed by atoms with van der Waals surface area (Å²) in [5.41, 5.74) is 5.96. The molecule has 1 aromatic carbocycles. The number of nitrogens with one attached hydrogen (secondary N) is 2. The van der Waals surface area contributed by atoms with E-state index in [4.69, 9.17) is 4.98 Å². The highest BCUT2D eigenvalue weighted by Crippen LogP contribution is 2.34. The van der Waals surface area contributed by atoms with E-state index in [1.807, 2.05) is 24.3 Å². The highest BCUT2D eigenvalue weighted by atomic mass is 19.1. The van der Waals surface area contributed by atoms with Gasteiger partial charge in [0.15, 0.2) is 0 Å². The van der Waals surface area contributed by atoms with Gasteiger partial charge in [0.05, 0.1) is 28.8 Å². The summed E-state index contributed by atoms with van der Waals surface area (Å²) in [5, 5.41) is 18.0. The molecular weight excluding hydrogens is 407 g/mol. The van der Waals surface area contributed by atoms with Gasteiger partial charge in [-0.1, -0.05) is 12.1 Å². The number of H-pyrrole nitrogens is 2. The lowest BCUT2D eigenvalue weighted by Gasteiger charge is -2.03. The molecule has 0 radical (unpaired) electrons. The molecule has 6 rings (SSSR count). The van der Waals surface area contributed by atoms with Crippen molar-refractivity contribution in [3.05, 3.63) is 79.0 Å². The second-order valence-electron chi connectivity index (χ2n) is 7.38. The molecule has 6 aromatic rings. The Hall–Kier alpha value is -4.59. The van der Waals surface area contributed by atoms with Crippen LogP contribution in [0.3, 0.4) is 0 Å². The van der Waals surface area contributed by atoms with Crippen LogP contribution in [0.25, 0.3) is 55.8 Å². The summed E-state index contributed by atoms with van der Waals surface area (Å²) in [6.07, 6.45) is 4.66. The molecule has 5 aromatic heterocycles. The third-order valence-corrected chi connectivity index (χ3v) is 5.36. The summed E-state index contributed by atoms with van der Waals surface area (Å²) in [7, 11) is 0. The lowest BCUT2D eigenvalue weighted by Crippen LogP contribution is -1.87. The van der Waals surface area contributed by atoms with Crippen LogP contribution in [0.5, 0.6) is 5.75 Å². The van der Waals surface area contributed by atoms with Crippen molar-refractivity contribution in [1.82, 2.24) is 30.1 Å². The van der Waals surface area contributed by atoms with E-state index >= 15 is 0 Å². The van der Waals surface area contributed by atoms with Gasteiger partial charge in [-0.05, 0) is 42.5 Å². The van der Waals surface area contributed by atoms with Crippen molar-refractivity contribution in [2.45, 2.75) is 0 Å². The number of hydrogen-bond acceptors (Lipinski definition) is 5. The van der Waals surface area contributed by atoms with E-state index in [0.717, 1.165) is 22.1 Å². The normalized spacial score (nSPS) is 11.4. The Labute approximate surface area is 180 Å². The number of aromatic hydroxyl groups is 1. The summed E-state index contributed by atoms with van der Waals surface area (Å²) in [5.74, 6) is -0.257. The quantitative estimate of drug-likeness (QED) is 0.369. The molecule has 0 saturated carbocycles. The lowest BCUT2D eigenvalue weighted by atomic mass is 10.1. The minimum atomic E-state index is -0.327. The second-order valence-corrected chi connectivity index (χ2v) is 7.38. The van der Waals surface area contributed by atoms with Gasteiger partial charge in [0.25, 0.3) is 0 Å². The fourth-order valence-corrected chi connectivity index (χ4v) is 3.86. The largest absolute Gasteiger partial charge is 0.506 e. The number of pyridine rings is 3. The van der Waals surface area contributed by atoms with Crippen molar-refractivity contribution in [3.8, 4) is 39.7 Å². The number of halogens is 1. The average Bonchev–Trinajstić information content (AvgIpc) is 3.43. The van der Waals surface area contributed by atoms with Crippen LogP contribution in [0.1, 0.15) is 0 Å². The molecule has 7 nitrogen and oxygen atoms in total. The van der Waals surface area contributed by atoms with Crippen LogP contribution in [0.2, 0.25) is 0 Å². The maximum absolute atomic E-state index is 14.4. The van der Waals surface area contributed by atoms with Gasteiger partial charge in [0.1, 0.15) is 22.8 Å². The summed E-state index contributed by atoms with van der Waals surface area (Å²) in [4.78, 5) is 16.5. The highest BCUT2D eigenvalue weighted by Gasteiger charge is 2.17. The number of aromatic nitrogens is 6. The Morgan fingerprint density at radius 1 is 0.906 bits per heavy atom. The summed E-state index contributed by atoms with van der Waals surface area (Å²) in [6.45, 7) is 0. The Morgan fingerprint density at radius 3 is 2.69 bits per heavy atom. The van der Waals surface area contributed by atoms with Crippen LogP contribution in [0.15, 0.2) is 73.2 Å².